The first-order valence-electron chi connectivity index (χ1n) is 7.88. The molecule has 2 heterocycles. The van der Waals surface area contributed by atoms with E-state index in [2.05, 4.69) is 38.1 Å². The first kappa shape index (κ1) is 15.8. The molecule has 0 radical (unpaired) electrons. The molecule has 0 spiro atoms. The molecule has 0 aromatic carbocycles. The van der Waals surface area contributed by atoms with Crippen molar-refractivity contribution in [3.8, 4) is 5.88 Å². The van der Waals surface area contributed by atoms with Crippen LogP contribution in [-0.2, 0) is 13.1 Å². The average Bonchev–Trinajstić information content (AvgIpc) is 3.28. The topological polar surface area (TPSA) is 58.5 Å². The van der Waals surface area contributed by atoms with Crippen LogP contribution < -0.4 is 15.4 Å². The van der Waals surface area contributed by atoms with Crippen molar-refractivity contribution in [2.24, 2.45) is 10.9 Å². The summed E-state index contributed by atoms with van der Waals surface area (Å²) in [5, 5.41) is 8.66. The molecule has 2 aromatic heterocycles. The second-order valence-corrected chi connectivity index (χ2v) is 6.65. The number of aromatic nitrogens is 1. The highest BCUT2D eigenvalue weighted by molar-refractivity contribution is 7.09. The standard InChI is InChI=1S/C17H22N4OS/c1-18-17(21-11-15-3-2-8-23-15)20-10-14-6-7-16(19-9-14)22-12-13-4-5-13/h2-3,6-9,13H,4-5,10-12H2,1H3,(H2,18,20,21). The van der Waals surface area contributed by atoms with Crippen molar-refractivity contribution in [1.82, 2.24) is 15.6 Å². The minimum atomic E-state index is 0.681. The lowest BCUT2D eigenvalue weighted by molar-refractivity contribution is 0.288. The molecule has 0 saturated heterocycles. The Morgan fingerprint density at radius 1 is 1.30 bits per heavy atom. The minimum absolute atomic E-state index is 0.681. The first-order chi connectivity index (χ1) is 11.3. The van der Waals surface area contributed by atoms with E-state index in [9.17, 15) is 0 Å². The van der Waals surface area contributed by atoms with Gasteiger partial charge in [-0.3, -0.25) is 4.99 Å². The van der Waals surface area contributed by atoms with Crippen LogP contribution >= 0.6 is 11.3 Å². The number of hydrogen-bond acceptors (Lipinski definition) is 4. The second kappa shape index (κ2) is 7.97. The lowest BCUT2D eigenvalue weighted by atomic mass is 10.3. The molecule has 23 heavy (non-hydrogen) atoms. The van der Waals surface area contributed by atoms with Crippen molar-refractivity contribution in [1.29, 1.82) is 0 Å². The Balaban J connectivity index is 1.42. The summed E-state index contributed by atoms with van der Waals surface area (Å²) >= 11 is 1.73. The molecule has 1 aliphatic carbocycles. The molecule has 0 atom stereocenters. The molecule has 5 nitrogen and oxygen atoms in total. The van der Waals surface area contributed by atoms with Crippen LogP contribution in [0.4, 0.5) is 0 Å². The zero-order valence-electron chi connectivity index (χ0n) is 13.3. The Bertz CT molecular complexity index is 621. The van der Waals surface area contributed by atoms with E-state index >= 15 is 0 Å². The van der Waals surface area contributed by atoms with Gasteiger partial charge in [-0.05, 0) is 35.8 Å². The predicted octanol–water partition coefficient (Wildman–Crippen LogP) is 2.80. The van der Waals surface area contributed by atoms with Crippen LogP contribution in [-0.4, -0.2) is 24.6 Å². The summed E-state index contributed by atoms with van der Waals surface area (Å²) in [7, 11) is 1.77. The van der Waals surface area contributed by atoms with Gasteiger partial charge in [-0.15, -0.1) is 11.3 Å². The van der Waals surface area contributed by atoms with Gasteiger partial charge in [0.25, 0.3) is 0 Å². The molecule has 6 heteroatoms. The number of nitrogens with zero attached hydrogens (tertiary/aromatic N) is 2. The van der Waals surface area contributed by atoms with Crippen LogP contribution in [0.1, 0.15) is 23.3 Å². The molecule has 2 N–H and O–H groups in total. The average molecular weight is 330 g/mol. The Labute approximate surface area is 140 Å². The molecular formula is C17H22N4OS. The fourth-order valence-corrected chi connectivity index (χ4v) is 2.72. The molecule has 1 fully saturated rings. The predicted molar refractivity (Wildman–Crippen MR) is 93.8 cm³/mol. The van der Waals surface area contributed by atoms with Crippen molar-refractivity contribution >= 4 is 17.3 Å². The molecule has 0 amide bonds. The van der Waals surface area contributed by atoms with E-state index in [-0.39, 0.29) is 0 Å². The summed E-state index contributed by atoms with van der Waals surface area (Å²) in [5.74, 6) is 2.24. The summed E-state index contributed by atoms with van der Waals surface area (Å²) in [5.41, 5.74) is 1.10. The van der Waals surface area contributed by atoms with Gasteiger partial charge in [-0.25, -0.2) is 4.98 Å². The Morgan fingerprint density at radius 2 is 2.17 bits per heavy atom. The van der Waals surface area contributed by atoms with Gasteiger partial charge < -0.3 is 15.4 Å². The van der Waals surface area contributed by atoms with Gasteiger partial charge in [-0.2, -0.15) is 0 Å². The molecule has 0 bridgehead atoms. The normalized spacial score (nSPS) is 14.6. The summed E-state index contributed by atoms with van der Waals surface area (Å²) < 4.78 is 5.65. The maximum Gasteiger partial charge on any atom is 0.213 e. The fraction of sp³-hybridized carbons (Fsp3) is 0.412. The van der Waals surface area contributed by atoms with E-state index in [4.69, 9.17) is 4.74 Å². The number of rotatable bonds is 7. The van der Waals surface area contributed by atoms with Crippen LogP contribution in [0.25, 0.3) is 0 Å². The van der Waals surface area contributed by atoms with Crippen LogP contribution in [0.2, 0.25) is 0 Å². The summed E-state index contributed by atoms with van der Waals surface area (Å²) in [6.45, 7) is 2.26. The summed E-state index contributed by atoms with van der Waals surface area (Å²) in [6, 6.07) is 8.13. The van der Waals surface area contributed by atoms with Crippen LogP contribution in [0.15, 0.2) is 40.8 Å². The van der Waals surface area contributed by atoms with E-state index in [0.717, 1.165) is 30.6 Å². The van der Waals surface area contributed by atoms with Gasteiger partial charge in [0, 0.05) is 30.7 Å². The minimum Gasteiger partial charge on any atom is -0.477 e. The largest absolute Gasteiger partial charge is 0.477 e. The lowest BCUT2D eigenvalue weighted by Crippen LogP contribution is -2.36. The number of aliphatic imine (C=N–C) groups is 1. The van der Waals surface area contributed by atoms with Crippen molar-refractivity contribution in [3.63, 3.8) is 0 Å². The smallest absolute Gasteiger partial charge is 0.213 e. The number of ether oxygens (including phenoxy) is 1. The van der Waals surface area contributed by atoms with Gasteiger partial charge in [0.1, 0.15) is 0 Å². The zero-order chi connectivity index (χ0) is 15.9. The SMILES string of the molecule is CN=C(NCc1ccc(OCC2CC2)nc1)NCc1cccs1. The maximum atomic E-state index is 5.65. The summed E-state index contributed by atoms with van der Waals surface area (Å²) in [6.07, 6.45) is 4.43. The van der Waals surface area contributed by atoms with Gasteiger partial charge in [0.15, 0.2) is 5.96 Å². The number of hydrogen-bond donors (Lipinski definition) is 2. The monoisotopic (exact) mass is 330 g/mol. The van der Waals surface area contributed by atoms with Crippen molar-refractivity contribution in [2.45, 2.75) is 25.9 Å². The third-order valence-corrected chi connectivity index (χ3v) is 4.53. The molecule has 1 aliphatic rings. The highest BCUT2D eigenvalue weighted by Gasteiger charge is 2.21. The summed E-state index contributed by atoms with van der Waals surface area (Å²) in [4.78, 5) is 9.86. The number of guanidine groups is 1. The second-order valence-electron chi connectivity index (χ2n) is 5.62. The molecular weight excluding hydrogens is 308 g/mol. The number of nitrogens with one attached hydrogen (secondary N) is 2. The lowest BCUT2D eigenvalue weighted by Gasteiger charge is -2.11. The van der Waals surface area contributed by atoms with Gasteiger partial charge in [0.05, 0.1) is 13.2 Å². The van der Waals surface area contributed by atoms with E-state index in [1.807, 2.05) is 18.3 Å². The first-order valence-corrected chi connectivity index (χ1v) is 8.76. The van der Waals surface area contributed by atoms with Gasteiger partial charge >= 0.3 is 0 Å². The third kappa shape index (κ3) is 5.25. The van der Waals surface area contributed by atoms with E-state index in [1.165, 1.54) is 17.7 Å². The van der Waals surface area contributed by atoms with Crippen LogP contribution in [0, 0.1) is 5.92 Å². The highest BCUT2D eigenvalue weighted by Crippen LogP contribution is 2.29. The van der Waals surface area contributed by atoms with Gasteiger partial charge in [-0.1, -0.05) is 12.1 Å². The van der Waals surface area contributed by atoms with Crippen LogP contribution in [0.3, 0.4) is 0 Å². The highest BCUT2D eigenvalue weighted by atomic mass is 32.1. The Hall–Kier alpha value is -2.08. The quantitative estimate of drug-likeness (QED) is 0.605. The van der Waals surface area contributed by atoms with E-state index in [1.54, 1.807) is 18.4 Å². The molecule has 0 unspecified atom stereocenters. The maximum absolute atomic E-state index is 5.65. The molecule has 0 aliphatic heterocycles. The van der Waals surface area contributed by atoms with Crippen LogP contribution in [0.5, 0.6) is 5.88 Å². The van der Waals surface area contributed by atoms with Crippen molar-refractivity contribution in [2.75, 3.05) is 13.7 Å². The molecule has 1 saturated carbocycles. The molecule has 122 valence electrons. The molecule has 3 rings (SSSR count). The number of pyridine rings is 1. The van der Waals surface area contributed by atoms with E-state index in [0.29, 0.717) is 12.4 Å². The molecule has 2 aromatic rings. The zero-order valence-corrected chi connectivity index (χ0v) is 14.1. The van der Waals surface area contributed by atoms with Gasteiger partial charge in [0.2, 0.25) is 5.88 Å². The van der Waals surface area contributed by atoms with Crippen molar-refractivity contribution in [3.05, 3.63) is 46.3 Å². The Morgan fingerprint density at radius 3 is 2.83 bits per heavy atom. The van der Waals surface area contributed by atoms with Crippen molar-refractivity contribution < 1.29 is 4.74 Å². The third-order valence-electron chi connectivity index (χ3n) is 3.66. The Kier molecular flexibility index (Phi) is 5.47. The van der Waals surface area contributed by atoms with E-state index < -0.39 is 0 Å². The number of thiophene rings is 1. The fourth-order valence-electron chi connectivity index (χ4n) is 2.08.